The Morgan fingerprint density at radius 2 is 2.06 bits per heavy atom. The molecule has 0 amide bonds. The van der Waals surface area contributed by atoms with Crippen LogP contribution in [0, 0.1) is 11.8 Å². The second kappa shape index (κ2) is 9.25. The number of halogens is 3. The second-order valence-corrected chi connectivity index (χ2v) is 9.05. The summed E-state index contributed by atoms with van der Waals surface area (Å²) in [6, 6.07) is 2.23. The van der Waals surface area contributed by atoms with Gasteiger partial charge >= 0.3 is 12.1 Å². The summed E-state index contributed by atoms with van der Waals surface area (Å²) in [6.07, 6.45) is -0.432. The number of alkyl halides is 3. The van der Waals surface area contributed by atoms with Crippen molar-refractivity contribution in [2.24, 2.45) is 11.8 Å². The maximum Gasteiger partial charge on any atom is 0.490 e. The number of ether oxygens (including phenoxy) is 1. The monoisotopic (exact) mass is 459 g/mol. The van der Waals surface area contributed by atoms with E-state index in [4.69, 9.17) is 19.1 Å². The standard InChI is InChI=1S/C18H23N3O2S.C2HF3O2/c1-2-13(1)18-20-19-17(23-18)7-16-15-3-5-21(9-14(15)10-22-16)8-12-4-6-24-11-12;3-2(4,5)1(6)7/h4,6,11,13-16H,1-3,5,7-10H2;(H,6,7)/t14-,15-,16+;/m1./s1. The number of piperidine rings is 1. The highest BCUT2D eigenvalue weighted by atomic mass is 32.1. The maximum absolute atomic E-state index is 10.6. The highest BCUT2D eigenvalue weighted by Gasteiger charge is 2.41. The summed E-state index contributed by atoms with van der Waals surface area (Å²) in [7, 11) is 0. The molecule has 5 rings (SSSR count). The molecule has 0 radical (unpaired) electrons. The maximum atomic E-state index is 10.6. The average Bonchev–Trinajstić information content (AvgIpc) is 3.10. The van der Waals surface area contributed by atoms with Gasteiger partial charge in [-0.25, -0.2) is 4.79 Å². The summed E-state index contributed by atoms with van der Waals surface area (Å²) in [4.78, 5) is 11.5. The van der Waals surface area contributed by atoms with Crippen LogP contribution >= 0.6 is 11.3 Å². The van der Waals surface area contributed by atoms with Crippen molar-refractivity contribution in [2.45, 2.75) is 50.4 Å². The number of carbonyl (C=O) groups is 1. The minimum Gasteiger partial charge on any atom is -0.475 e. The molecule has 0 aromatic carbocycles. The van der Waals surface area contributed by atoms with Gasteiger partial charge in [-0.05, 0) is 54.1 Å². The van der Waals surface area contributed by atoms with E-state index >= 15 is 0 Å². The fourth-order valence-corrected chi connectivity index (χ4v) is 4.83. The Morgan fingerprint density at radius 3 is 2.71 bits per heavy atom. The first-order valence-electron chi connectivity index (χ1n) is 10.3. The predicted octanol–water partition coefficient (Wildman–Crippen LogP) is 3.72. The number of likely N-dealkylation sites (tertiary alicyclic amines) is 1. The topological polar surface area (TPSA) is 88.7 Å². The normalized spacial score (nSPS) is 26.2. The quantitative estimate of drug-likeness (QED) is 0.729. The van der Waals surface area contributed by atoms with Crippen molar-refractivity contribution < 1.29 is 32.2 Å². The van der Waals surface area contributed by atoms with Crippen LogP contribution in [0.4, 0.5) is 13.2 Å². The number of rotatable bonds is 5. The number of aliphatic carboxylic acids is 1. The number of hydrogen-bond acceptors (Lipinski definition) is 7. The summed E-state index contributed by atoms with van der Waals surface area (Å²) in [6.45, 7) is 4.26. The van der Waals surface area contributed by atoms with E-state index in [9.17, 15) is 13.2 Å². The molecule has 2 aromatic rings. The fourth-order valence-electron chi connectivity index (χ4n) is 4.17. The van der Waals surface area contributed by atoms with Gasteiger partial charge in [0, 0.05) is 24.9 Å². The summed E-state index contributed by atoms with van der Waals surface area (Å²) in [5, 5.41) is 20.0. The fraction of sp³-hybridized carbons (Fsp3) is 0.650. The highest BCUT2D eigenvalue weighted by molar-refractivity contribution is 7.07. The molecule has 0 bridgehead atoms. The Labute approximate surface area is 181 Å². The van der Waals surface area contributed by atoms with Gasteiger partial charge in [-0.3, -0.25) is 4.90 Å². The van der Waals surface area contributed by atoms with Crippen molar-refractivity contribution in [3.05, 3.63) is 34.2 Å². The number of hydrogen-bond donors (Lipinski definition) is 1. The highest BCUT2D eigenvalue weighted by Crippen LogP contribution is 2.40. The summed E-state index contributed by atoms with van der Waals surface area (Å²) < 4.78 is 43.7. The number of carboxylic acid groups (broad SMARTS) is 1. The van der Waals surface area contributed by atoms with Gasteiger partial charge in [0.25, 0.3) is 0 Å². The van der Waals surface area contributed by atoms with Gasteiger partial charge in [-0.15, -0.1) is 10.2 Å². The number of fused-ring (bicyclic) bond motifs is 1. The van der Waals surface area contributed by atoms with Gasteiger partial charge in [-0.2, -0.15) is 24.5 Å². The van der Waals surface area contributed by atoms with E-state index in [1.807, 2.05) is 0 Å². The van der Waals surface area contributed by atoms with E-state index < -0.39 is 12.1 Å². The Balaban J connectivity index is 0.000000289. The zero-order chi connectivity index (χ0) is 22.0. The van der Waals surface area contributed by atoms with Gasteiger partial charge in [0.2, 0.25) is 11.8 Å². The van der Waals surface area contributed by atoms with E-state index in [0.717, 1.165) is 44.4 Å². The van der Waals surface area contributed by atoms with Gasteiger partial charge in [0.15, 0.2) is 0 Å². The third-order valence-corrected chi connectivity index (χ3v) is 6.62. The minimum atomic E-state index is -5.08. The molecule has 3 aliphatic rings. The molecular formula is C20H24F3N3O4S. The molecule has 1 aliphatic carbocycles. The van der Waals surface area contributed by atoms with Crippen LogP contribution < -0.4 is 0 Å². The predicted molar refractivity (Wildman–Crippen MR) is 105 cm³/mol. The lowest BCUT2D eigenvalue weighted by molar-refractivity contribution is -0.192. The largest absolute Gasteiger partial charge is 0.490 e. The van der Waals surface area contributed by atoms with E-state index in [1.165, 1.54) is 24.8 Å². The van der Waals surface area contributed by atoms with E-state index in [-0.39, 0.29) is 6.10 Å². The van der Waals surface area contributed by atoms with Gasteiger partial charge in [-0.1, -0.05) is 0 Å². The first kappa shape index (κ1) is 22.2. The zero-order valence-corrected chi connectivity index (χ0v) is 17.6. The van der Waals surface area contributed by atoms with Crippen molar-refractivity contribution in [3.63, 3.8) is 0 Å². The number of carboxylic acids is 1. The van der Waals surface area contributed by atoms with Gasteiger partial charge < -0.3 is 14.3 Å². The molecule has 2 aliphatic heterocycles. The van der Waals surface area contributed by atoms with Crippen molar-refractivity contribution in [2.75, 3.05) is 19.7 Å². The Kier molecular flexibility index (Phi) is 6.63. The average molecular weight is 459 g/mol. The van der Waals surface area contributed by atoms with Crippen LogP contribution in [-0.2, 0) is 22.5 Å². The van der Waals surface area contributed by atoms with E-state index in [2.05, 4.69) is 31.9 Å². The second-order valence-electron chi connectivity index (χ2n) is 8.27. The molecule has 3 fully saturated rings. The van der Waals surface area contributed by atoms with Crippen molar-refractivity contribution >= 4 is 17.3 Å². The van der Waals surface area contributed by atoms with Crippen LogP contribution in [-0.4, -0.2) is 58.1 Å². The zero-order valence-electron chi connectivity index (χ0n) is 16.8. The third-order valence-electron chi connectivity index (χ3n) is 5.89. The lowest BCUT2D eigenvalue weighted by Gasteiger charge is -2.35. The molecular weight excluding hydrogens is 435 g/mol. The molecule has 1 N–H and O–H groups in total. The molecule has 2 saturated heterocycles. The Morgan fingerprint density at radius 1 is 1.29 bits per heavy atom. The first-order valence-corrected chi connectivity index (χ1v) is 11.2. The lowest BCUT2D eigenvalue weighted by atomic mass is 9.83. The van der Waals surface area contributed by atoms with Crippen LogP contribution in [0.15, 0.2) is 21.2 Å². The number of aromatic nitrogens is 2. The number of nitrogens with zero attached hydrogens (tertiary/aromatic N) is 3. The smallest absolute Gasteiger partial charge is 0.475 e. The van der Waals surface area contributed by atoms with Gasteiger partial charge in [0.05, 0.1) is 19.1 Å². The molecule has 0 unspecified atom stereocenters. The van der Waals surface area contributed by atoms with E-state index in [0.29, 0.717) is 17.8 Å². The van der Waals surface area contributed by atoms with Crippen LogP contribution in [0.1, 0.15) is 42.5 Å². The molecule has 2 aromatic heterocycles. The SMILES string of the molecule is O=C(O)C(F)(F)F.c1cc(CN2CC[C@@H]3[C@@H](CO[C@H]3Cc3nnc(C4CC4)o3)C2)cs1. The van der Waals surface area contributed by atoms with E-state index in [1.54, 1.807) is 11.3 Å². The van der Waals surface area contributed by atoms with Crippen molar-refractivity contribution in [1.82, 2.24) is 15.1 Å². The molecule has 7 nitrogen and oxygen atoms in total. The Bertz CT molecular complexity index is 869. The molecule has 170 valence electrons. The summed E-state index contributed by atoms with van der Waals surface area (Å²) in [5.41, 5.74) is 1.44. The minimum absolute atomic E-state index is 0.255. The Hall–Kier alpha value is -1.98. The van der Waals surface area contributed by atoms with Crippen LogP contribution in [0.5, 0.6) is 0 Å². The molecule has 11 heteroatoms. The summed E-state index contributed by atoms with van der Waals surface area (Å²) in [5.74, 6) is 0.665. The van der Waals surface area contributed by atoms with Crippen molar-refractivity contribution in [3.8, 4) is 0 Å². The number of thiophene rings is 1. The molecule has 3 atom stereocenters. The molecule has 4 heterocycles. The molecule has 31 heavy (non-hydrogen) atoms. The lowest BCUT2D eigenvalue weighted by Crippen LogP contribution is -2.41. The molecule has 1 saturated carbocycles. The van der Waals surface area contributed by atoms with Crippen LogP contribution in [0.3, 0.4) is 0 Å². The first-order chi connectivity index (χ1) is 14.8. The van der Waals surface area contributed by atoms with Gasteiger partial charge in [0.1, 0.15) is 0 Å². The summed E-state index contributed by atoms with van der Waals surface area (Å²) >= 11 is 1.78. The van der Waals surface area contributed by atoms with Crippen LogP contribution in [0.2, 0.25) is 0 Å². The third kappa shape index (κ3) is 5.83. The molecule has 0 spiro atoms. The van der Waals surface area contributed by atoms with Crippen LogP contribution in [0.25, 0.3) is 0 Å². The van der Waals surface area contributed by atoms with Crippen molar-refractivity contribution in [1.29, 1.82) is 0 Å².